The molecule has 5 nitrogen and oxygen atoms in total. The topological polar surface area (TPSA) is 51.7 Å². The maximum atomic E-state index is 13.0. The standard InChI is InChI=1S/C22H22N2O3S/c1-14-21(25)24(13-15-9-10-17-16(12-15)6-5-11-23-17)22(28-14)20-18(26-2)7-4-8-19(20)27-3/h4-12,14,22H,13H2,1-3H3. The second-order valence-corrected chi connectivity index (χ2v) is 8.13. The van der Waals surface area contributed by atoms with Crippen molar-refractivity contribution >= 4 is 28.6 Å². The number of benzene rings is 2. The molecule has 1 amide bonds. The van der Waals surface area contributed by atoms with Crippen molar-refractivity contribution in [3.63, 3.8) is 0 Å². The minimum atomic E-state index is -0.168. The Bertz CT molecular complexity index is 1000. The Morgan fingerprint density at radius 1 is 1.07 bits per heavy atom. The summed E-state index contributed by atoms with van der Waals surface area (Å²) in [7, 11) is 3.29. The third-order valence-corrected chi connectivity index (χ3v) is 6.34. The second-order valence-electron chi connectivity index (χ2n) is 6.70. The van der Waals surface area contributed by atoms with Crippen LogP contribution in [0.15, 0.2) is 54.7 Å². The van der Waals surface area contributed by atoms with E-state index in [9.17, 15) is 4.79 Å². The Morgan fingerprint density at radius 2 is 1.82 bits per heavy atom. The number of hydrogen-bond donors (Lipinski definition) is 0. The Kier molecular flexibility index (Phi) is 5.13. The van der Waals surface area contributed by atoms with Crippen LogP contribution < -0.4 is 9.47 Å². The lowest BCUT2D eigenvalue weighted by atomic mass is 10.1. The van der Waals surface area contributed by atoms with E-state index in [0.717, 1.165) is 33.5 Å². The summed E-state index contributed by atoms with van der Waals surface area (Å²) >= 11 is 1.62. The van der Waals surface area contributed by atoms with Gasteiger partial charge < -0.3 is 14.4 Å². The highest BCUT2D eigenvalue weighted by molar-refractivity contribution is 8.01. The lowest BCUT2D eigenvalue weighted by Gasteiger charge is -2.27. The van der Waals surface area contributed by atoms with E-state index in [-0.39, 0.29) is 16.5 Å². The smallest absolute Gasteiger partial charge is 0.236 e. The number of nitrogens with zero attached hydrogens (tertiary/aromatic N) is 2. The van der Waals surface area contributed by atoms with Gasteiger partial charge in [-0.1, -0.05) is 18.2 Å². The summed E-state index contributed by atoms with van der Waals surface area (Å²) in [6.45, 7) is 2.47. The van der Waals surface area contributed by atoms with Gasteiger partial charge in [-0.05, 0) is 42.8 Å². The van der Waals surface area contributed by atoms with Crippen molar-refractivity contribution in [1.29, 1.82) is 0 Å². The zero-order valence-corrected chi connectivity index (χ0v) is 16.9. The van der Waals surface area contributed by atoms with Crippen molar-refractivity contribution in [3.8, 4) is 11.5 Å². The Hall–Kier alpha value is -2.73. The van der Waals surface area contributed by atoms with Gasteiger partial charge in [0.25, 0.3) is 0 Å². The molecule has 0 spiro atoms. The molecule has 0 bridgehead atoms. The number of hydrogen-bond acceptors (Lipinski definition) is 5. The number of amides is 1. The van der Waals surface area contributed by atoms with Crippen LogP contribution in [0.4, 0.5) is 0 Å². The number of carbonyl (C=O) groups excluding carboxylic acids is 1. The number of thioether (sulfide) groups is 1. The molecule has 2 heterocycles. The Balaban J connectivity index is 1.73. The number of ether oxygens (including phenoxy) is 2. The number of fused-ring (bicyclic) bond motifs is 1. The van der Waals surface area contributed by atoms with Crippen molar-refractivity contribution in [2.75, 3.05) is 14.2 Å². The normalized spacial score (nSPS) is 19.2. The van der Waals surface area contributed by atoms with Gasteiger partial charge in [0.1, 0.15) is 16.9 Å². The molecular formula is C22H22N2O3S. The minimum Gasteiger partial charge on any atom is -0.496 e. The van der Waals surface area contributed by atoms with Crippen molar-refractivity contribution < 1.29 is 14.3 Å². The summed E-state index contributed by atoms with van der Waals surface area (Å²) in [5.41, 5.74) is 2.92. The van der Waals surface area contributed by atoms with Crippen LogP contribution in [0.2, 0.25) is 0 Å². The van der Waals surface area contributed by atoms with Crippen LogP contribution >= 0.6 is 11.8 Å². The Morgan fingerprint density at radius 3 is 2.54 bits per heavy atom. The number of carbonyl (C=O) groups is 1. The van der Waals surface area contributed by atoms with Crippen molar-refractivity contribution in [3.05, 3.63) is 65.9 Å². The highest BCUT2D eigenvalue weighted by Gasteiger charge is 2.41. The average Bonchev–Trinajstić information content (AvgIpc) is 3.01. The molecule has 1 aliphatic rings. The van der Waals surface area contributed by atoms with Crippen LogP contribution in [0.1, 0.15) is 23.4 Å². The van der Waals surface area contributed by atoms with E-state index in [4.69, 9.17) is 9.47 Å². The van der Waals surface area contributed by atoms with Gasteiger partial charge >= 0.3 is 0 Å². The van der Waals surface area contributed by atoms with Gasteiger partial charge in [-0.3, -0.25) is 9.78 Å². The fourth-order valence-corrected chi connectivity index (χ4v) is 4.93. The van der Waals surface area contributed by atoms with Crippen LogP contribution in [-0.2, 0) is 11.3 Å². The highest BCUT2D eigenvalue weighted by atomic mass is 32.2. The summed E-state index contributed by atoms with van der Waals surface area (Å²) in [4.78, 5) is 19.2. The molecule has 1 saturated heterocycles. The number of rotatable bonds is 5. The molecule has 3 aromatic rings. The first-order chi connectivity index (χ1) is 13.6. The zero-order valence-electron chi connectivity index (χ0n) is 16.1. The molecule has 1 fully saturated rings. The number of methoxy groups -OCH3 is 2. The lowest BCUT2D eigenvalue weighted by Crippen LogP contribution is -2.30. The fraction of sp³-hybridized carbons (Fsp3) is 0.273. The second kappa shape index (κ2) is 7.72. The average molecular weight is 394 g/mol. The van der Waals surface area contributed by atoms with E-state index in [0.29, 0.717) is 6.54 Å². The molecule has 0 aliphatic carbocycles. The third kappa shape index (κ3) is 3.29. The first-order valence-electron chi connectivity index (χ1n) is 9.13. The van der Waals surface area contributed by atoms with Crippen LogP contribution in [0.3, 0.4) is 0 Å². The fourth-order valence-electron chi connectivity index (χ4n) is 3.60. The number of aromatic nitrogens is 1. The molecule has 2 unspecified atom stereocenters. The van der Waals surface area contributed by atoms with Gasteiger partial charge in [-0.2, -0.15) is 0 Å². The SMILES string of the molecule is COc1cccc(OC)c1C1SC(C)C(=O)N1Cc1ccc2ncccc2c1. The lowest BCUT2D eigenvalue weighted by molar-refractivity contribution is -0.130. The van der Waals surface area contributed by atoms with Gasteiger partial charge in [0.05, 0.1) is 30.5 Å². The molecule has 1 aromatic heterocycles. The summed E-state index contributed by atoms with van der Waals surface area (Å²) in [5.74, 6) is 1.58. The predicted octanol–water partition coefficient (Wildman–Crippen LogP) is 4.41. The first kappa shape index (κ1) is 18.6. The monoisotopic (exact) mass is 394 g/mol. The van der Waals surface area contributed by atoms with Crippen LogP contribution in [-0.4, -0.2) is 35.3 Å². The van der Waals surface area contributed by atoms with E-state index >= 15 is 0 Å². The van der Waals surface area contributed by atoms with E-state index < -0.39 is 0 Å². The van der Waals surface area contributed by atoms with E-state index in [1.807, 2.05) is 54.3 Å². The predicted molar refractivity (Wildman–Crippen MR) is 112 cm³/mol. The molecule has 2 atom stereocenters. The van der Waals surface area contributed by atoms with Gasteiger partial charge in [-0.25, -0.2) is 0 Å². The van der Waals surface area contributed by atoms with Gasteiger partial charge in [0.2, 0.25) is 5.91 Å². The molecular weight excluding hydrogens is 372 g/mol. The highest BCUT2D eigenvalue weighted by Crippen LogP contribution is 2.49. The maximum absolute atomic E-state index is 13.0. The molecule has 2 aromatic carbocycles. The molecule has 0 radical (unpaired) electrons. The molecule has 144 valence electrons. The van der Waals surface area contributed by atoms with Gasteiger partial charge in [0, 0.05) is 18.1 Å². The molecule has 28 heavy (non-hydrogen) atoms. The van der Waals surface area contributed by atoms with Crippen molar-refractivity contribution in [1.82, 2.24) is 9.88 Å². The number of pyridine rings is 1. The van der Waals surface area contributed by atoms with E-state index in [1.165, 1.54) is 0 Å². The van der Waals surface area contributed by atoms with Crippen LogP contribution in [0.25, 0.3) is 10.9 Å². The summed E-state index contributed by atoms with van der Waals surface area (Å²) in [6.07, 6.45) is 1.79. The summed E-state index contributed by atoms with van der Waals surface area (Å²) in [6, 6.07) is 15.8. The molecule has 6 heteroatoms. The first-order valence-corrected chi connectivity index (χ1v) is 10.1. The largest absolute Gasteiger partial charge is 0.496 e. The van der Waals surface area contributed by atoms with Gasteiger partial charge in [0.15, 0.2) is 0 Å². The van der Waals surface area contributed by atoms with E-state index in [1.54, 1.807) is 32.2 Å². The molecule has 0 N–H and O–H groups in total. The minimum absolute atomic E-state index is 0.120. The summed E-state index contributed by atoms with van der Waals surface area (Å²) in [5, 5.41) is 0.777. The van der Waals surface area contributed by atoms with E-state index in [2.05, 4.69) is 11.1 Å². The zero-order chi connectivity index (χ0) is 19.7. The maximum Gasteiger partial charge on any atom is 0.236 e. The van der Waals surface area contributed by atoms with Gasteiger partial charge in [-0.15, -0.1) is 11.8 Å². The van der Waals surface area contributed by atoms with Crippen molar-refractivity contribution in [2.24, 2.45) is 0 Å². The summed E-state index contributed by atoms with van der Waals surface area (Å²) < 4.78 is 11.2. The van der Waals surface area contributed by atoms with Crippen LogP contribution in [0.5, 0.6) is 11.5 Å². The van der Waals surface area contributed by atoms with Crippen LogP contribution in [0, 0.1) is 0 Å². The quantitative estimate of drug-likeness (QED) is 0.641. The molecule has 0 saturated carbocycles. The Labute approximate surface area is 168 Å². The molecule has 4 rings (SSSR count). The van der Waals surface area contributed by atoms with Crippen molar-refractivity contribution in [2.45, 2.75) is 24.1 Å². The third-order valence-electron chi connectivity index (χ3n) is 4.98. The molecule has 1 aliphatic heterocycles.